The molecule has 0 unspecified atom stereocenters. The van der Waals surface area contributed by atoms with Crippen molar-refractivity contribution in [3.05, 3.63) is 65.3 Å². The first-order valence-corrected chi connectivity index (χ1v) is 13.6. The molecule has 0 fully saturated rings. The Morgan fingerprint density at radius 1 is 0.949 bits per heavy atom. The van der Waals surface area contributed by atoms with Crippen LogP contribution in [0.5, 0.6) is 5.75 Å². The third-order valence-corrected chi connectivity index (χ3v) is 8.46. The SMILES string of the molecule is CCS(=O)(=O)c1cc(-c2cccc(OC(F)(F)F)c2)cnc1-n1nc2ccc(S(=O)(=O)C(F)(F)F)cn2c1=O. The summed E-state index contributed by atoms with van der Waals surface area (Å²) in [4.78, 5) is 15.1. The van der Waals surface area contributed by atoms with Crippen LogP contribution in [0.4, 0.5) is 26.3 Å². The Balaban J connectivity index is 1.90. The van der Waals surface area contributed by atoms with E-state index in [0.717, 1.165) is 30.5 Å². The zero-order valence-electron chi connectivity index (χ0n) is 19.2. The van der Waals surface area contributed by atoms with Crippen LogP contribution in [0, 0.1) is 0 Å². The molecule has 0 amide bonds. The summed E-state index contributed by atoms with van der Waals surface area (Å²) in [5, 5.41) is 3.85. The van der Waals surface area contributed by atoms with Crippen molar-refractivity contribution < 1.29 is 47.9 Å². The molecular weight excluding hydrogens is 582 g/mol. The average Bonchev–Trinajstić information content (AvgIpc) is 3.17. The zero-order valence-corrected chi connectivity index (χ0v) is 20.9. The van der Waals surface area contributed by atoms with E-state index in [9.17, 15) is 48.0 Å². The minimum absolute atomic E-state index is 0.0220. The second-order valence-corrected chi connectivity index (χ2v) is 11.9. The van der Waals surface area contributed by atoms with Gasteiger partial charge >= 0.3 is 17.6 Å². The molecule has 39 heavy (non-hydrogen) atoms. The highest BCUT2D eigenvalue weighted by molar-refractivity contribution is 7.92. The standard InChI is InChI=1S/C21H14F6N4O6S2/c1-2-38(33,34)16-9-13(12-4-3-5-14(8-12)37-20(22,23)24)10-28-18(16)31-19(32)30-11-15(6-7-17(30)29-31)39(35,36)21(25,26)27/h3-11H,2H2,1H3. The Morgan fingerprint density at radius 3 is 2.26 bits per heavy atom. The number of fused-ring (bicyclic) bond motifs is 1. The first kappa shape index (κ1) is 28.1. The van der Waals surface area contributed by atoms with Gasteiger partial charge in [0.1, 0.15) is 10.6 Å². The van der Waals surface area contributed by atoms with Gasteiger partial charge in [-0.25, -0.2) is 31.0 Å². The van der Waals surface area contributed by atoms with Crippen LogP contribution in [0.3, 0.4) is 0 Å². The maximum Gasteiger partial charge on any atom is 0.573 e. The molecule has 208 valence electrons. The van der Waals surface area contributed by atoms with Crippen LogP contribution in [0.1, 0.15) is 6.92 Å². The molecule has 0 saturated carbocycles. The number of alkyl halides is 6. The van der Waals surface area contributed by atoms with Crippen LogP contribution in [0.2, 0.25) is 0 Å². The third kappa shape index (κ3) is 5.33. The topological polar surface area (TPSA) is 130 Å². The minimum Gasteiger partial charge on any atom is -0.406 e. The smallest absolute Gasteiger partial charge is 0.406 e. The molecule has 0 aliphatic carbocycles. The molecule has 0 atom stereocenters. The summed E-state index contributed by atoms with van der Waals surface area (Å²) in [6.07, 6.45) is -3.56. The van der Waals surface area contributed by atoms with Crippen LogP contribution in [-0.4, -0.2) is 53.6 Å². The molecule has 0 spiro atoms. The number of sulfone groups is 2. The van der Waals surface area contributed by atoms with E-state index in [1.807, 2.05) is 0 Å². The van der Waals surface area contributed by atoms with Gasteiger partial charge in [0, 0.05) is 18.0 Å². The van der Waals surface area contributed by atoms with Crippen molar-refractivity contribution in [1.29, 1.82) is 0 Å². The fourth-order valence-corrected chi connectivity index (χ4v) is 5.19. The maximum atomic E-state index is 13.0. The van der Waals surface area contributed by atoms with Gasteiger partial charge in [-0.3, -0.25) is 0 Å². The summed E-state index contributed by atoms with van der Waals surface area (Å²) < 4.78 is 131. The maximum absolute atomic E-state index is 13.0. The number of pyridine rings is 2. The van der Waals surface area contributed by atoms with Crippen LogP contribution in [0.25, 0.3) is 22.6 Å². The molecule has 3 aromatic heterocycles. The van der Waals surface area contributed by atoms with E-state index in [4.69, 9.17) is 0 Å². The highest BCUT2D eigenvalue weighted by atomic mass is 32.2. The fourth-order valence-electron chi connectivity index (χ4n) is 3.40. The molecule has 0 radical (unpaired) electrons. The first-order valence-electron chi connectivity index (χ1n) is 10.5. The van der Waals surface area contributed by atoms with Gasteiger partial charge < -0.3 is 4.74 Å². The van der Waals surface area contributed by atoms with E-state index in [2.05, 4.69) is 14.8 Å². The number of nitrogens with zero attached hydrogens (tertiary/aromatic N) is 4. The van der Waals surface area contributed by atoms with E-state index >= 15 is 0 Å². The highest BCUT2D eigenvalue weighted by Crippen LogP contribution is 2.32. The summed E-state index contributed by atoms with van der Waals surface area (Å²) in [5.41, 5.74) is -7.12. The lowest BCUT2D eigenvalue weighted by atomic mass is 10.1. The molecular formula is C21H14F6N4O6S2. The number of aromatic nitrogens is 4. The van der Waals surface area contributed by atoms with Crippen molar-refractivity contribution in [2.45, 2.75) is 28.6 Å². The number of halogens is 6. The van der Waals surface area contributed by atoms with Crippen molar-refractivity contribution in [3.8, 4) is 22.7 Å². The van der Waals surface area contributed by atoms with Gasteiger partial charge in [0.25, 0.3) is 9.84 Å². The van der Waals surface area contributed by atoms with Crippen molar-refractivity contribution in [3.63, 3.8) is 0 Å². The second-order valence-electron chi connectivity index (χ2n) is 7.76. The largest absolute Gasteiger partial charge is 0.573 e. The molecule has 0 bridgehead atoms. The van der Waals surface area contributed by atoms with E-state index in [0.29, 0.717) is 21.3 Å². The van der Waals surface area contributed by atoms with E-state index in [1.54, 1.807) is 0 Å². The van der Waals surface area contributed by atoms with Crippen molar-refractivity contribution in [1.82, 2.24) is 19.2 Å². The van der Waals surface area contributed by atoms with Gasteiger partial charge in [-0.1, -0.05) is 19.1 Å². The van der Waals surface area contributed by atoms with Gasteiger partial charge in [0.2, 0.25) is 0 Å². The number of rotatable bonds is 6. The lowest BCUT2D eigenvalue weighted by Gasteiger charge is -2.12. The zero-order chi connectivity index (χ0) is 29.0. The summed E-state index contributed by atoms with van der Waals surface area (Å²) in [5.74, 6) is -1.67. The predicted molar refractivity (Wildman–Crippen MR) is 122 cm³/mol. The molecule has 1 aromatic carbocycles. The summed E-state index contributed by atoms with van der Waals surface area (Å²) in [7, 11) is -9.99. The average molecular weight is 596 g/mol. The summed E-state index contributed by atoms with van der Waals surface area (Å²) >= 11 is 0. The molecule has 10 nitrogen and oxygen atoms in total. The van der Waals surface area contributed by atoms with E-state index < -0.39 is 64.3 Å². The number of benzene rings is 1. The molecule has 0 N–H and O–H groups in total. The van der Waals surface area contributed by atoms with Crippen LogP contribution >= 0.6 is 0 Å². The lowest BCUT2D eigenvalue weighted by molar-refractivity contribution is -0.274. The first-order chi connectivity index (χ1) is 17.9. The quantitative estimate of drug-likeness (QED) is 0.309. The summed E-state index contributed by atoms with van der Waals surface area (Å²) in [6.45, 7) is 1.27. The van der Waals surface area contributed by atoms with Crippen LogP contribution in [-0.2, 0) is 19.7 Å². The van der Waals surface area contributed by atoms with E-state index in [1.165, 1.54) is 19.1 Å². The lowest BCUT2D eigenvalue weighted by Crippen LogP contribution is -2.25. The van der Waals surface area contributed by atoms with Gasteiger partial charge in [-0.15, -0.1) is 18.3 Å². The number of hydrogen-bond acceptors (Lipinski definition) is 8. The van der Waals surface area contributed by atoms with Crippen LogP contribution < -0.4 is 10.4 Å². The molecule has 0 aliphatic rings. The van der Waals surface area contributed by atoms with Gasteiger partial charge in [-0.05, 0) is 35.9 Å². The van der Waals surface area contributed by atoms with Gasteiger partial charge in [0.15, 0.2) is 21.3 Å². The Hall–Kier alpha value is -3.93. The minimum atomic E-state index is -5.82. The predicted octanol–water partition coefficient (Wildman–Crippen LogP) is 3.53. The van der Waals surface area contributed by atoms with Crippen LogP contribution in [0.15, 0.2) is 69.4 Å². The monoisotopic (exact) mass is 596 g/mol. The van der Waals surface area contributed by atoms with Gasteiger partial charge in [0.05, 0.1) is 10.6 Å². The fraction of sp³-hybridized carbons (Fsp3) is 0.190. The van der Waals surface area contributed by atoms with Gasteiger partial charge in [-0.2, -0.15) is 17.9 Å². The van der Waals surface area contributed by atoms with Crippen molar-refractivity contribution >= 4 is 25.3 Å². The van der Waals surface area contributed by atoms with Crippen molar-refractivity contribution in [2.75, 3.05) is 5.75 Å². The Bertz CT molecular complexity index is 1860. The molecule has 18 heteroatoms. The Labute approximate surface area is 214 Å². The van der Waals surface area contributed by atoms with Crippen molar-refractivity contribution in [2.24, 2.45) is 0 Å². The van der Waals surface area contributed by atoms with E-state index in [-0.39, 0.29) is 16.8 Å². The molecule has 3 heterocycles. The molecule has 4 rings (SSSR count). The summed E-state index contributed by atoms with van der Waals surface area (Å²) in [6, 6.07) is 6.98. The molecule has 0 aliphatic heterocycles. The molecule has 4 aromatic rings. The normalized spacial score (nSPS) is 13.1. The number of hydrogen-bond donors (Lipinski definition) is 0. The highest BCUT2D eigenvalue weighted by Gasteiger charge is 2.47. The second kappa shape index (κ2) is 9.37. The third-order valence-electron chi connectivity index (χ3n) is 5.25. The Morgan fingerprint density at radius 2 is 1.64 bits per heavy atom. The Kier molecular flexibility index (Phi) is 6.75. The number of ether oxygens (including phenoxy) is 1. The molecule has 0 saturated heterocycles.